The highest BCUT2D eigenvalue weighted by Crippen LogP contribution is 2.22. The van der Waals surface area contributed by atoms with E-state index >= 15 is 0 Å². The molecule has 0 radical (unpaired) electrons. The van der Waals surface area contributed by atoms with E-state index in [2.05, 4.69) is 0 Å². The van der Waals surface area contributed by atoms with Crippen LogP contribution in [0.25, 0.3) is 0 Å². The number of thioether (sulfide) groups is 1. The van der Waals surface area contributed by atoms with Crippen LogP contribution in [-0.4, -0.2) is 22.9 Å². The van der Waals surface area contributed by atoms with Crippen molar-refractivity contribution in [2.75, 3.05) is 6.61 Å². The zero-order valence-corrected chi connectivity index (χ0v) is 11.0. The SMILES string of the molecule is CCOc1ccc(CSC(CC)C(=O)O)cc1. The monoisotopic (exact) mass is 254 g/mol. The summed E-state index contributed by atoms with van der Waals surface area (Å²) < 4.78 is 5.34. The number of ether oxygens (including phenoxy) is 1. The summed E-state index contributed by atoms with van der Waals surface area (Å²) in [6.45, 7) is 4.50. The van der Waals surface area contributed by atoms with Crippen LogP contribution in [0.3, 0.4) is 0 Å². The molecule has 1 N–H and O–H groups in total. The molecule has 1 rings (SSSR count). The molecule has 4 heteroatoms. The normalized spacial score (nSPS) is 12.1. The van der Waals surface area contributed by atoms with Crippen LogP contribution in [0.1, 0.15) is 25.8 Å². The van der Waals surface area contributed by atoms with E-state index in [1.54, 1.807) is 0 Å². The number of carboxylic acid groups (broad SMARTS) is 1. The lowest BCUT2D eigenvalue weighted by molar-refractivity contribution is -0.136. The van der Waals surface area contributed by atoms with Crippen molar-refractivity contribution in [3.8, 4) is 5.75 Å². The second-order valence-electron chi connectivity index (χ2n) is 3.62. The highest BCUT2D eigenvalue weighted by Gasteiger charge is 2.14. The average molecular weight is 254 g/mol. The average Bonchev–Trinajstić information content (AvgIpc) is 2.32. The molecular formula is C13H18O3S. The third kappa shape index (κ3) is 4.69. The van der Waals surface area contributed by atoms with E-state index in [-0.39, 0.29) is 5.25 Å². The molecule has 0 saturated heterocycles. The van der Waals surface area contributed by atoms with Gasteiger partial charge in [-0.25, -0.2) is 0 Å². The Kier molecular flexibility index (Phi) is 5.91. The van der Waals surface area contributed by atoms with Gasteiger partial charge in [0.15, 0.2) is 0 Å². The maximum atomic E-state index is 10.9. The summed E-state index contributed by atoms with van der Waals surface area (Å²) >= 11 is 1.46. The Hall–Kier alpha value is -1.16. The molecule has 0 heterocycles. The second kappa shape index (κ2) is 7.22. The first kappa shape index (κ1) is 13.9. The third-order valence-corrected chi connectivity index (χ3v) is 3.77. The largest absolute Gasteiger partial charge is 0.494 e. The summed E-state index contributed by atoms with van der Waals surface area (Å²) in [4.78, 5) is 10.9. The van der Waals surface area contributed by atoms with E-state index < -0.39 is 5.97 Å². The number of benzene rings is 1. The maximum absolute atomic E-state index is 10.9. The van der Waals surface area contributed by atoms with Gasteiger partial charge in [-0.05, 0) is 31.0 Å². The van der Waals surface area contributed by atoms with Gasteiger partial charge in [0.05, 0.1) is 6.61 Å². The quantitative estimate of drug-likeness (QED) is 0.811. The van der Waals surface area contributed by atoms with Crippen molar-refractivity contribution in [1.82, 2.24) is 0 Å². The Balaban J connectivity index is 2.49. The molecule has 1 aromatic carbocycles. The van der Waals surface area contributed by atoms with Crippen molar-refractivity contribution in [2.45, 2.75) is 31.3 Å². The van der Waals surface area contributed by atoms with E-state index in [9.17, 15) is 4.79 Å². The molecule has 3 nitrogen and oxygen atoms in total. The van der Waals surface area contributed by atoms with E-state index in [1.165, 1.54) is 11.8 Å². The molecule has 94 valence electrons. The second-order valence-corrected chi connectivity index (χ2v) is 4.81. The summed E-state index contributed by atoms with van der Waals surface area (Å²) in [6.07, 6.45) is 0.650. The van der Waals surface area contributed by atoms with Crippen LogP contribution < -0.4 is 4.74 Å². The lowest BCUT2D eigenvalue weighted by Gasteiger charge is -2.09. The lowest BCUT2D eigenvalue weighted by Crippen LogP contribution is -2.15. The molecule has 0 spiro atoms. The molecule has 0 fully saturated rings. The molecule has 0 bridgehead atoms. The van der Waals surface area contributed by atoms with Crippen LogP contribution >= 0.6 is 11.8 Å². The van der Waals surface area contributed by atoms with E-state index in [1.807, 2.05) is 38.1 Å². The zero-order chi connectivity index (χ0) is 12.7. The molecule has 0 amide bonds. The van der Waals surface area contributed by atoms with Gasteiger partial charge in [-0.15, -0.1) is 11.8 Å². The van der Waals surface area contributed by atoms with Crippen LogP contribution in [0.15, 0.2) is 24.3 Å². The fourth-order valence-electron chi connectivity index (χ4n) is 1.41. The first-order valence-electron chi connectivity index (χ1n) is 5.73. The molecule has 1 aromatic rings. The fourth-order valence-corrected chi connectivity index (χ4v) is 2.37. The van der Waals surface area contributed by atoms with Crippen LogP contribution in [0, 0.1) is 0 Å². The molecule has 0 saturated carbocycles. The van der Waals surface area contributed by atoms with Crippen molar-refractivity contribution in [2.24, 2.45) is 0 Å². The van der Waals surface area contributed by atoms with Crippen LogP contribution in [0.2, 0.25) is 0 Å². The zero-order valence-electron chi connectivity index (χ0n) is 10.2. The number of carbonyl (C=O) groups is 1. The molecule has 0 aliphatic heterocycles. The van der Waals surface area contributed by atoms with Crippen LogP contribution in [-0.2, 0) is 10.5 Å². The smallest absolute Gasteiger partial charge is 0.316 e. The van der Waals surface area contributed by atoms with Crippen molar-refractivity contribution in [1.29, 1.82) is 0 Å². The van der Waals surface area contributed by atoms with Gasteiger partial charge in [0.25, 0.3) is 0 Å². The standard InChI is InChI=1S/C13H18O3S/c1-3-12(13(14)15)17-9-10-5-7-11(8-6-10)16-4-2/h5-8,12H,3-4,9H2,1-2H3,(H,14,15). The molecule has 1 unspecified atom stereocenters. The summed E-state index contributed by atoms with van der Waals surface area (Å²) in [5.41, 5.74) is 1.12. The highest BCUT2D eigenvalue weighted by atomic mass is 32.2. The van der Waals surface area contributed by atoms with Gasteiger partial charge in [-0.2, -0.15) is 0 Å². The number of hydrogen-bond acceptors (Lipinski definition) is 3. The minimum Gasteiger partial charge on any atom is -0.494 e. The van der Waals surface area contributed by atoms with Crippen molar-refractivity contribution in [3.05, 3.63) is 29.8 Å². The number of aliphatic carboxylic acids is 1. The number of carboxylic acids is 1. The van der Waals surface area contributed by atoms with Gasteiger partial charge in [0.1, 0.15) is 11.0 Å². The minimum absolute atomic E-state index is 0.318. The first-order valence-corrected chi connectivity index (χ1v) is 6.78. The van der Waals surface area contributed by atoms with Gasteiger partial charge in [-0.1, -0.05) is 19.1 Å². The lowest BCUT2D eigenvalue weighted by atomic mass is 10.2. The molecule has 1 atom stereocenters. The van der Waals surface area contributed by atoms with Crippen molar-refractivity contribution in [3.63, 3.8) is 0 Å². The highest BCUT2D eigenvalue weighted by molar-refractivity contribution is 7.99. The third-order valence-electron chi connectivity index (χ3n) is 2.33. The Morgan fingerprint density at radius 3 is 2.47 bits per heavy atom. The molecular weight excluding hydrogens is 236 g/mol. The summed E-state index contributed by atoms with van der Waals surface area (Å²) in [5.74, 6) is 0.840. The van der Waals surface area contributed by atoms with Gasteiger partial charge in [-0.3, -0.25) is 4.79 Å². The number of hydrogen-bond donors (Lipinski definition) is 1. The van der Waals surface area contributed by atoms with Gasteiger partial charge in [0, 0.05) is 5.75 Å². The Bertz CT molecular complexity index is 348. The van der Waals surface area contributed by atoms with E-state index in [0.29, 0.717) is 13.0 Å². The van der Waals surface area contributed by atoms with Crippen molar-refractivity contribution < 1.29 is 14.6 Å². The Labute approximate surface area is 106 Å². The fraction of sp³-hybridized carbons (Fsp3) is 0.462. The van der Waals surface area contributed by atoms with E-state index in [0.717, 1.165) is 17.1 Å². The predicted molar refractivity (Wildman–Crippen MR) is 70.6 cm³/mol. The van der Waals surface area contributed by atoms with Crippen molar-refractivity contribution >= 4 is 17.7 Å². The van der Waals surface area contributed by atoms with Gasteiger partial charge >= 0.3 is 5.97 Å². The summed E-state index contributed by atoms with van der Waals surface area (Å²) in [5, 5.41) is 8.61. The van der Waals surface area contributed by atoms with Gasteiger partial charge in [0.2, 0.25) is 0 Å². The molecule has 0 aliphatic carbocycles. The maximum Gasteiger partial charge on any atom is 0.316 e. The minimum atomic E-state index is -0.733. The Morgan fingerprint density at radius 1 is 1.35 bits per heavy atom. The molecule has 0 aromatic heterocycles. The summed E-state index contributed by atoms with van der Waals surface area (Å²) in [6, 6.07) is 7.79. The van der Waals surface area contributed by atoms with E-state index in [4.69, 9.17) is 9.84 Å². The first-order chi connectivity index (χ1) is 8.17. The number of rotatable bonds is 7. The summed E-state index contributed by atoms with van der Waals surface area (Å²) in [7, 11) is 0. The predicted octanol–water partition coefficient (Wildman–Crippen LogP) is 3.18. The van der Waals surface area contributed by atoms with Crippen LogP contribution in [0.4, 0.5) is 0 Å². The molecule has 17 heavy (non-hydrogen) atoms. The van der Waals surface area contributed by atoms with Crippen LogP contribution in [0.5, 0.6) is 5.75 Å². The molecule has 0 aliphatic rings. The topological polar surface area (TPSA) is 46.5 Å². The van der Waals surface area contributed by atoms with Gasteiger partial charge < -0.3 is 9.84 Å². The Morgan fingerprint density at radius 2 is 2.00 bits per heavy atom.